The Balaban J connectivity index is 2.90. The lowest BCUT2D eigenvalue weighted by Crippen LogP contribution is -2.24. The van der Waals surface area contributed by atoms with Crippen molar-refractivity contribution in [1.82, 2.24) is 9.78 Å². The highest BCUT2D eigenvalue weighted by molar-refractivity contribution is 5.60. The Kier molecular flexibility index (Phi) is 6.14. The minimum atomic E-state index is -0.360. The van der Waals surface area contributed by atoms with E-state index in [-0.39, 0.29) is 22.6 Å². The molecule has 1 heterocycles. The lowest BCUT2D eigenvalue weighted by molar-refractivity contribution is -0.384. The molecule has 0 fully saturated rings. The van der Waals surface area contributed by atoms with Crippen molar-refractivity contribution in [2.24, 2.45) is 12.5 Å². The van der Waals surface area contributed by atoms with Crippen LogP contribution in [0.2, 0.25) is 0 Å². The van der Waals surface area contributed by atoms with Gasteiger partial charge in [-0.15, -0.1) is 0 Å². The molecule has 1 aromatic heterocycles. The highest BCUT2D eigenvalue weighted by atomic mass is 16.6. The normalized spacial score (nSPS) is 11.7. The Morgan fingerprint density at radius 1 is 1.48 bits per heavy atom. The molecule has 0 radical (unpaired) electrons. The fraction of sp³-hybridized carbons (Fsp3) is 0.786. The maximum atomic E-state index is 11.3. The largest absolute Gasteiger partial charge is 0.396 e. The molecular weight excluding hydrogens is 272 g/mol. The molecule has 0 saturated carbocycles. The zero-order valence-electron chi connectivity index (χ0n) is 13.3. The van der Waals surface area contributed by atoms with Crippen LogP contribution in [0.1, 0.15) is 45.7 Å². The van der Waals surface area contributed by atoms with E-state index in [9.17, 15) is 10.1 Å². The number of aliphatic hydroxyl groups excluding tert-OH is 1. The van der Waals surface area contributed by atoms with Crippen LogP contribution in [0.25, 0.3) is 0 Å². The van der Waals surface area contributed by atoms with Crippen LogP contribution in [-0.2, 0) is 13.5 Å². The molecule has 0 aromatic carbocycles. The van der Waals surface area contributed by atoms with Gasteiger partial charge in [-0.3, -0.25) is 10.1 Å². The first-order valence-corrected chi connectivity index (χ1v) is 7.37. The van der Waals surface area contributed by atoms with Crippen molar-refractivity contribution in [3.63, 3.8) is 0 Å². The maximum absolute atomic E-state index is 11.3. The van der Waals surface area contributed by atoms with Gasteiger partial charge in [0, 0.05) is 20.2 Å². The topological polar surface area (TPSA) is 93.2 Å². The predicted molar refractivity (Wildman–Crippen MR) is 82.4 cm³/mol. The smallest absolute Gasteiger partial charge is 0.333 e. The van der Waals surface area contributed by atoms with E-state index in [2.05, 4.69) is 24.3 Å². The van der Waals surface area contributed by atoms with Crippen LogP contribution in [0.5, 0.6) is 0 Å². The molecule has 1 rings (SSSR count). The van der Waals surface area contributed by atoms with E-state index >= 15 is 0 Å². The molecule has 7 heteroatoms. The summed E-state index contributed by atoms with van der Waals surface area (Å²) in [6.07, 6.45) is 2.99. The van der Waals surface area contributed by atoms with E-state index in [0.29, 0.717) is 24.5 Å². The van der Waals surface area contributed by atoms with Gasteiger partial charge in [-0.05, 0) is 24.7 Å². The van der Waals surface area contributed by atoms with E-state index in [1.807, 2.05) is 6.92 Å². The molecule has 0 aliphatic carbocycles. The van der Waals surface area contributed by atoms with Gasteiger partial charge in [0.15, 0.2) is 0 Å². The third-order valence-electron chi connectivity index (χ3n) is 3.51. The lowest BCUT2D eigenvalue weighted by atomic mass is 9.88. The highest BCUT2D eigenvalue weighted by Crippen LogP contribution is 2.31. The number of hydrogen-bond donors (Lipinski definition) is 2. The Bertz CT molecular complexity index is 483. The number of aliphatic hydroxyl groups is 1. The quantitative estimate of drug-likeness (QED) is 0.539. The number of hydrogen-bond acceptors (Lipinski definition) is 5. The number of aryl methyl sites for hydroxylation is 2. The van der Waals surface area contributed by atoms with Crippen LogP contribution in [0.3, 0.4) is 0 Å². The summed E-state index contributed by atoms with van der Waals surface area (Å²) in [5.41, 5.74) is 0.559. The number of rotatable bonds is 9. The molecule has 0 amide bonds. The fourth-order valence-electron chi connectivity index (χ4n) is 2.33. The summed E-state index contributed by atoms with van der Waals surface area (Å²) < 4.78 is 1.55. The second-order valence-corrected chi connectivity index (χ2v) is 6.12. The standard InChI is InChI=1S/C14H26N4O3/c1-5-7-11-12(18(20)21)13(17(4)16-11)15-10-14(2,3)8-6-9-19/h15,19H,5-10H2,1-4H3. The first kappa shape index (κ1) is 17.4. The van der Waals surface area contributed by atoms with Crippen molar-refractivity contribution >= 4 is 11.5 Å². The van der Waals surface area contributed by atoms with E-state index < -0.39 is 0 Å². The van der Waals surface area contributed by atoms with Crippen molar-refractivity contribution in [2.45, 2.75) is 46.5 Å². The van der Waals surface area contributed by atoms with Gasteiger partial charge in [0.05, 0.1) is 4.92 Å². The van der Waals surface area contributed by atoms with Crippen molar-refractivity contribution in [1.29, 1.82) is 0 Å². The van der Waals surface area contributed by atoms with Gasteiger partial charge in [-0.25, -0.2) is 4.68 Å². The van der Waals surface area contributed by atoms with Crippen LogP contribution in [-0.4, -0.2) is 33.0 Å². The van der Waals surface area contributed by atoms with Gasteiger partial charge in [0.25, 0.3) is 0 Å². The number of nitrogens with one attached hydrogen (secondary N) is 1. The molecule has 0 spiro atoms. The zero-order valence-corrected chi connectivity index (χ0v) is 13.3. The summed E-state index contributed by atoms with van der Waals surface area (Å²) >= 11 is 0. The summed E-state index contributed by atoms with van der Waals surface area (Å²) in [6.45, 7) is 6.88. The molecule has 1 aromatic rings. The zero-order chi connectivity index (χ0) is 16.0. The number of nitrogens with zero attached hydrogens (tertiary/aromatic N) is 3. The SMILES string of the molecule is CCCc1nn(C)c(NCC(C)(C)CCCO)c1[N+](=O)[O-]. The molecule has 0 atom stereocenters. The summed E-state index contributed by atoms with van der Waals surface area (Å²) in [4.78, 5) is 10.9. The molecule has 7 nitrogen and oxygen atoms in total. The third kappa shape index (κ3) is 4.70. The van der Waals surface area contributed by atoms with Crippen LogP contribution in [0.15, 0.2) is 0 Å². The van der Waals surface area contributed by atoms with Crippen LogP contribution in [0, 0.1) is 15.5 Å². The average molecular weight is 298 g/mol. The van der Waals surface area contributed by atoms with Gasteiger partial charge >= 0.3 is 5.69 Å². The number of anilines is 1. The number of aromatic nitrogens is 2. The van der Waals surface area contributed by atoms with Crippen LogP contribution in [0.4, 0.5) is 11.5 Å². The third-order valence-corrected chi connectivity index (χ3v) is 3.51. The monoisotopic (exact) mass is 298 g/mol. The summed E-state index contributed by atoms with van der Waals surface area (Å²) in [6, 6.07) is 0. The highest BCUT2D eigenvalue weighted by Gasteiger charge is 2.27. The molecule has 21 heavy (non-hydrogen) atoms. The van der Waals surface area contributed by atoms with Crippen molar-refractivity contribution in [2.75, 3.05) is 18.5 Å². The molecular formula is C14H26N4O3. The summed E-state index contributed by atoms with van der Waals surface area (Å²) in [5.74, 6) is 0.459. The van der Waals surface area contributed by atoms with Gasteiger partial charge in [-0.2, -0.15) is 5.10 Å². The summed E-state index contributed by atoms with van der Waals surface area (Å²) in [5, 5.41) is 27.6. The molecule has 0 aliphatic rings. The van der Waals surface area contributed by atoms with E-state index in [1.165, 1.54) is 0 Å². The molecule has 0 aliphatic heterocycles. The van der Waals surface area contributed by atoms with Crippen molar-refractivity contribution < 1.29 is 10.0 Å². The molecule has 2 N–H and O–H groups in total. The van der Waals surface area contributed by atoms with Gasteiger partial charge < -0.3 is 10.4 Å². The number of nitro groups is 1. The second-order valence-electron chi connectivity index (χ2n) is 6.12. The van der Waals surface area contributed by atoms with Gasteiger partial charge in [-0.1, -0.05) is 27.2 Å². The fourth-order valence-corrected chi connectivity index (χ4v) is 2.33. The Morgan fingerprint density at radius 2 is 2.14 bits per heavy atom. The van der Waals surface area contributed by atoms with E-state index in [1.54, 1.807) is 11.7 Å². The molecule has 0 saturated heterocycles. The van der Waals surface area contributed by atoms with Gasteiger partial charge in [0.2, 0.25) is 5.82 Å². The van der Waals surface area contributed by atoms with E-state index in [0.717, 1.165) is 19.3 Å². The van der Waals surface area contributed by atoms with Crippen LogP contribution >= 0.6 is 0 Å². The first-order valence-electron chi connectivity index (χ1n) is 7.37. The molecule has 0 bridgehead atoms. The minimum absolute atomic E-state index is 0.0498. The first-order chi connectivity index (χ1) is 9.82. The molecule has 0 unspecified atom stereocenters. The van der Waals surface area contributed by atoms with E-state index in [4.69, 9.17) is 5.11 Å². The average Bonchev–Trinajstić information content (AvgIpc) is 2.71. The molecule has 120 valence electrons. The second kappa shape index (κ2) is 7.40. The van der Waals surface area contributed by atoms with Gasteiger partial charge in [0.1, 0.15) is 5.69 Å². The van der Waals surface area contributed by atoms with Crippen LogP contribution < -0.4 is 5.32 Å². The van der Waals surface area contributed by atoms with Crippen molar-refractivity contribution in [3.05, 3.63) is 15.8 Å². The maximum Gasteiger partial charge on any atom is 0.333 e. The predicted octanol–water partition coefficient (Wildman–Crippen LogP) is 2.49. The Morgan fingerprint density at radius 3 is 2.67 bits per heavy atom. The van der Waals surface area contributed by atoms with Crippen molar-refractivity contribution in [3.8, 4) is 0 Å². The lowest BCUT2D eigenvalue weighted by Gasteiger charge is -2.24. The Labute approximate surface area is 125 Å². The minimum Gasteiger partial charge on any atom is -0.396 e. The Hall–Kier alpha value is -1.63. The summed E-state index contributed by atoms with van der Waals surface area (Å²) in [7, 11) is 1.72.